The number of nitrogens with one attached hydrogen (secondary N) is 1. The first-order valence-electron chi connectivity index (χ1n) is 11.2. The summed E-state index contributed by atoms with van der Waals surface area (Å²) in [5.74, 6) is 2.80. The van der Waals surface area contributed by atoms with Crippen molar-refractivity contribution in [2.45, 2.75) is 64.8 Å². The van der Waals surface area contributed by atoms with Gasteiger partial charge < -0.3 is 15.1 Å². The lowest BCUT2D eigenvalue weighted by atomic mass is 9.84. The van der Waals surface area contributed by atoms with Gasteiger partial charge in [0.05, 0.1) is 12.2 Å². The fourth-order valence-corrected chi connectivity index (χ4v) is 5.00. The van der Waals surface area contributed by atoms with E-state index in [9.17, 15) is 4.79 Å². The first-order valence-corrected chi connectivity index (χ1v) is 11.2. The lowest BCUT2D eigenvalue weighted by Gasteiger charge is -2.34. The molecular weight excluding hydrogens is 362 g/mol. The van der Waals surface area contributed by atoms with Crippen molar-refractivity contribution in [1.29, 1.82) is 0 Å². The molecule has 3 heterocycles. The van der Waals surface area contributed by atoms with Crippen LogP contribution in [0.4, 0.5) is 5.82 Å². The van der Waals surface area contributed by atoms with E-state index in [1.807, 2.05) is 11.9 Å². The van der Waals surface area contributed by atoms with Gasteiger partial charge in [0.25, 0.3) is 0 Å². The van der Waals surface area contributed by atoms with Crippen molar-refractivity contribution in [3.05, 3.63) is 28.2 Å². The van der Waals surface area contributed by atoms with Crippen molar-refractivity contribution in [3.8, 4) is 0 Å². The molecule has 1 aromatic heterocycles. The predicted octanol–water partition coefficient (Wildman–Crippen LogP) is 3.35. The van der Waals surface area contributed by atoms with E-state index in [1.54, 1.807) is 0 Å². The minimum absolute atomic E-state index is 0.137. The van der Waals surface area contributed by atoms with Crippen LogP contribution in [0, 0.1) is 5.92 Å². The van der Waals surface area contributed by atoms with E-state index in [0.717, 1.165) is 81.1 Å². The van der Waals surface area contributed by atoms with E-state index in [-0.39, 0.29) is 5.92 Å². The van der Waals surface area contributed by atoms with Gasteiger partial charge in [-0.25, -0.2) is 9.97 Å². The number of amides is 1. The molecule has 6 heteroatoms. The van der Waals surface area contributed by atoms with Gasteiger partial charge in [-0.3, -0.25) is 4.79 Å². The Bertz CT molecular complexity index is 792. The Balaban J connectivity index is 1.51. The monoisotopic (exact) mass is 397 g/mol. The third-order valence-electron chi connectivity index (χ3n) is 7.21. The van der Waals surface area contributed by atoms with Crippen LogP contribution in [0.25, 0.3) is 0 Å². The molecule has 3 aliphatic rings. The van der Waals surface area contributed by atoms with Gasteiger partial charge in [0.2, 0.25) is 5.91 Å². The molecule has 1 aliphatic carbocycles. The number of hydrogen-bond acceptors (Lipinski definition) is 5. The summed E-state index contributed by atoms with van der Waals surface area (Å²) >= 11 is 0. The summed E-state index contributed by atoms with van der Waals surface area (Å²) in [6, 6.07) is 0. The van der Waals surface area contributed by atoms with Crippen LogP contribution in [0.2, 0.25) is 0 Å². The molecule has 1 atom stereocenters. The predicted molar refractivity (Wildman–Crippen MR) is 116 cm³/mol. The van der Waals surface area contributed by atoms with E-state index < -0.39 is 0 Å². The fourth-order valence-electron chi connectivity index (χ4n) is 5.00. The Hall–Kier alpha value is -1.95. The molecule has 1 saturated heterocycles. The van der Waals surface area contributed by atoms with E-state index in [2.05, 4.69) is 31.1 Å². The van der Waals surface area contributed by atoms with Crippen molar-refractivity contribution in [2.24, 2.45) is 5.92 Å². The van der Waals surface area contributed by atoms with Crippen molar-refractivity contribution >= 4 is 11.7 Å². The third-order valence-corrected chi connectivity index (χ3v) is 7.21. The van der Waals surface area contributed by atoms with Crippen molar-refractivity contribution < 1.29 is 4.79 Å². The highest BCUT2D eigenvalue weighted by Crippen LogP contribution is 2.33. The molecule has 1 amide bonds. The first-order chi connectivity index (χ1) is 14.0. The highest BCUT2D eigenvalue weighted by atomic mass is 16.2. The quantitative estimate of drug-likeness (QED) is 0.793. The van der Waals surface area contributed by atoms with Gasteiger partial charge in [-0.1, -0.05) is 11.1 Å². The number of carbonyl (C=O) groups is 1. The lowest BCUT2D eigenvalue weighted by Crippen LogP contribution is -2.41. The topological polar surface area (TPSA) is 61.4 Å². The number of fused-ring (bicyclic) bond motifs is 1. The number of hydrogen-bond donors (Lipinski definition) is 1. The van der Waals surface area contributed by atoms with Gasteiger partial charge in [-0.2, -0.15) is 0 Å². The molecule has 2 aliphatic heterocycles. The number of aromatic nitrogens is 2. The molecule has 1 aromatic rings. The average molecular weight is 398 g/mol. The summed E-state index contributed by atoms with van der Waals surface area (Å²) in [4.78, 5) is 27.5. The number of rotatable bonds is 3. The molecule has 29 heavy (non-hydrogen) atoms. The smallest absolute Gasteiger partial charge is 0.226 e. The second kappa shape index (κ2) is 8.42. The summed E-state index contributed by atoms with van der Waals surface area (Å²) in [6.45, 7) is 8.00. The highest BCUT2D eigenvalue weighted by molar-refractivity contribution is 5.80. The van der Waals surface area contributed by atoms with E-state index in [0.29, 0.717) is 18.4 Å². The molecule has 158 valence electrons. The van der Waals surface area contributed by atoms with Gasteiger partial charge in [0.1, 0.15) is 11.6 Å². The maximum absolute atomic E-state index is 13.2. The number of piperidine rings is 1. The van der Waals surface area contributed by atoms with Crippen molar-refractivity contribution in [1.82, 2.24) is 19.8 Å². The number of likely N-dealkylation sites (tertiary alicyclic amines) is 1. The first kappa shape index (κ1) is 20.3. The van der Waals surface area contributed by atoms with Gasteiger partial charge in [0, 0.05) is 37.4 Å². The molecule has 1 fully saturated rings. The number of anilines is 1. The maximum Gasteiger partial charge on any atom is 0.226 e. The van der Waals surface area contributed by atoms with Crippen LogP contribution < -0.4 is 5.32 Å². The van der Waals surface area contributed by atoms with Crippen LogP contribution in [-0.4, -0.2) is 59.4 Å². The zero-order valence-electron chi connectivity index (χ0n) is 18.4. The molecule has 6 nitrogen and oxygen atoms in total. The van der Waals surface area contributed by atoms with Crippen LogP contribution in [0.3, 0.4) is 0 Å². The third kappa shape index (κ3) is 4.18. The zero-order chi connectivity index (χ0) is 20.5. The largest absolute Gasteiger partial charge is 0.373 e. The molecule has 0 saturated carbocycles. The molecule has 0 spiro atoms. The van der Waals surface area contributed by atoms with Crippen LogP contribution in [0.1, 0.15) is 69.0 Å². The SMILES string of the molecule is CNc1nc(C2CCN(C)CC2)nc2c1CN(C(=O)[C@H]1CCC(C)=C(C)C1)CC2. The summed E-state index contributed by atoms with van der Waals surface area (Å²) in [6.07, 6.45) is 6.03. The van der Waals surface area contributed by atoms with Crippen molar-refractivity contribution in [2.75, 3.05) is 39.0 Å². The molecule has 0 unspecified atom stereocenters. The molecule has 0 aromatic carbocycles. The minimum Gasteiger partial charge on any atom is -0.373 e. The number of carbonyl (C=O) groups excluding carboxylic acids is 1. The molecule has 1 N–H and O–H groups in total. The molecule has 0 bridgehead atoms. The standard InChI is InChI=1S/C23H35N5O/c1-15-5-6-18(13-16(15)2)23(29)28-12-9-20-19(14-28)22(24-3)26-21(25-20)17-7-10-27(4)11-8-17/h17-18H,5-14H2,1-4H3,(H,24,25,26)/t18-/m0/s1. The van der Waals surface area contributed by atoms with E-state index in [4.69, 9.17) is 9.97 Å². The zero-order valence-corrected chi connectivity index (χ0v) is 18.4. The minimum atomic E-state index is 0.137. The number of allylic oxidation sites excluding steroid dienone is 2. The summed E-state index contributed by atoms with van der Waals surface area (Å²) in [7, 11) is 4.11. The van der Waals surface area contributed by atoms with Crippen LogP contribution in [-0.2, 0) is 17.8 Å². The Morgan fingerprint density at radius 2 is 1.79 bits per heavy atom. The van der Waals surface area contributed by atoms with Crippen LogP contribution in [0.15, 0.2) is 11.1 Å². The highest BCUT2D eigenvalue weighted by Gasteiger charge is 2.32. The summed E-state index contributed by atoms with van der Waals surface area (Å²) < 4.78 is 0. The normalized spacial score (nSPS) is 23.9. The van der Waals surface area contributed by atoms with Crippen LogP contribution >= 0.6 is 0 Å². The van der Waals surface area contributed by atoms with Gasteiger partial charge in [-0.05, 0) is 66.1 Å². The van der Waals surface area contributed by atoms with Gasteiger partial charge in [-0.15, -0.1) is 0 Å². The molecule has 0 radical (unpaired) electrons. The van der Waals surface area contributed by atoms with Crippen molar-refractivity contribution in [3.63, 3.8) is 0 Å². The van der Waals surface area contributed by atoms with Crippen LogP contribution in [0.5, 0.6) is 0 Å². The summed E-state index contributed by atoms with van der Waals surface area (Å²) in [5, 5.41) is 3.29. The fraction of sp³-hybridized carbons (Fsp3) is 0.696. The Kier molecular flexibility index (Phi) is 5.91. The molecule has 4 rings (SSSR count). The van der Waals surface area contributed by atoms with Gasteiger partial charge >= 0.3 is 0 Å². The lowest BCUT2D eigenvalue weighted by molar-refractivity contribution is -0.136. The second-order valence-electron chi connectivity index (χ2n) is 9.19. The summed E-state index contributed by atoms with van der Waals surface area (Å²) in [5.41, 5.74) is 5.11. The Labute approximate surface area is 174 Å². The maximum atomic E-state index is 13.2. The number of nitrogens with zero attached hydrogens (tertiary/aromatic N) is 4. The molecular formula is C23H35N5O. The van der Waals surface area contributed by atoms with E-state index >= 15 is 0 Å². The Morgan fingerprint density at radius 1 is 1.03 bits per heavy atom. The average Bonchev–Trinajstić information content (AvgIpc) is 2.74. The Morgan fingerprint density at radius 3 is 2.48 bits per heavy atom. The van der Waals surface area contributed by atoms with E-state index in [1.165, 1.54) is 11.1 Å². The van der Waals surface area contributed by atoms with Gasteiger partial charge in [0.15, 0.2) is 0 Å². The second-order valence-corrected chi connectivity index (χ2v) is 9.19.